The first kappa shape index (κ1) is 19.4. The quantitative estimate of drug-likeness (QED) is 0.397. The number of aliphatic hydroxyl groups excluding tert-OH is 1. The van der Waals surface area contributed by atoms with Crippen LogP contribution < -0.4 is 9.64 Å². The Morgan fingerprint density at radius 2 is 1.57 bits per heavy atom. The van der Waals surface area contributed by atoms with Gasteiger partial charge in [-0.1, -0.05) is 30.3 Å². The number of hydrogen-bond donors (Lipinski definition) is 1. The predicted octanol–water partition coefficient (Wildman–Crippen LogP) is 4.46. The van der Waals surface area contributed by atoms with E-state index in [2.05, 4.69) is 0 Å². The Labute approximate surface area is 172 Å². The fourth-order valence-corrected chi connectivity index (χ4v) is 3.55. The van der Waals surface area contributed by atoms with Gasteiger partial charge in [0.1, 0.15) is 17.3 Å². The first-order chi connectivity index (χ1) is 14.5. The van der Waals surface area contributed by atoms with Crippen molar-refractivity contribution in [3.05, 3.63) is 101 Å². The van der Waals surface area contributed by atoms with E-state index in [1.54, 1.807) is 54.6 Å². The normalized spacial score (nSPS) is 17.9. The fraction of sp³-hybridized carbons (Fsp3) is 0.0833. The summed E-state index contributed by atoms with van der Waals surface area (Å²) in [5.74, 6) is -1.72. The number of ketones is 1. The molecule has 1 aliphatic rings. The van der Waals surface area contributed by atoms with Crippen LogP contribution in [0.3, 0.4) is 0 Å². The standard InChI is InChI=1S/C24H18FNO4/c1-30-19-13-9-16(10-14-19)22(27)20-21(15-7-11-17(25)12-8-15)26(24(29)23(20)28)18-5-3-2-4-6-18/h2-14,21,27H,1H3/b22-20-. The third-order valence-corrected chi connectivity index (χ3v) is 5.03. The molecule has 5 nitrogen and oxygen atoms in total. The van der Waals surface area contributed by atoms with Crippen LogP contribution in [0.25, 0.3) is 5.76 Å². The number of aliphatic hydroxyl groups is 1. The van der Waals surface area contributed by atoms with Crippen molar-refractivity contribution in [2.45, 2.75) is 6.04 Å². The maximum atomic E-state index is 13.5. The minimum absolute atomic E-state index is 0.0550. The van der Waals surface area contributed by atoms with Crippen LogP contribution in [-0.4, -0.2) is 23.9 Å². The van der Waals surface area contributed by atoms with Gasteiger partial charge in [-0.05, 0) is 54.1 Å². The number of carbonyl (C=O) groups is 2. The molecular weight excluding hydrogens is 385 g/mol. The Bertz CT molecular complexity index is 1120. The molecule has 1 atom stereocenters. The molecule has 1 amide bonds. The highest BCUT2D eigenvalue weighted by Crippen LogP contribution is 2.42. The van der Waals surface area contributed by atoms with Crippen molar-refractivity contribution in [3.8, 4) is 5.75 Å². The van der Waals surface area contributed by atoms with Crippen LogP contribution in [0.4, 0.5) is 10.1 Å². The molecule has 0 aliphatic carbocycles. The van der Waals surface area contributed by atoms with Gasteiger partial charge in [-0.3, -0.25) is 14.5 Å². The maximum absolute atomic E-state index is 13.5. The van der Waals surface area contributed by atoms with E-state index in [-0.39, 0.29) is 11.3 Å². The lowest BCUT2D eigenvalue weighted by molar-refractivity contribution is -0.132. The second kappa shape index (κ2) is 7.83. The van der Waals surface area contributed by atoms with E-state index < -0.39 is 23.5 Å². The number of hydrogen-bond acceptors (Lipinski definition) is 4. The maximum Gasteiger partial charge on any atom is 0.300 e. The first-order valence-electron chi connectivity index (χ1n) is 9.27. The summed E-state index contributed by atoms with van der Waals surface area (Å²) >= 11 is 0. The lowest BCUT2D eigenvalue weighted by Crippen LogP contribution is -2.29. The number of anilines is 1. The molecule has 0 spiro atoms. The number of nitrogens with zero attached hydrogens (tertiary/aromatic N) is 1. The van der Waals surface area contributed by atoms with E-state index in [1.165, 1.54) is 36.3 Å². The molecule has 3 aromatic rings. The second-order valence-electron chi connectivity index (χ2n) is 6.78. The van der Waals surface area contributed by atoms with Crippen LogP contribution in [0.2, 0.25) is 0 Å². The number of benzene rings is 3. The van der Waals surface area contributed by atoms with Gasteiger partial charge in [0.2, 0.25) is 0 Å². The van der Waals surface area contributed by atoms with E-state index in [4.69, 9.17) is 4.74 Å². The number of ether oxygens (including phenoxy) is 1. The van der Waals surface area contributed by atoms with E-state index in [0.717, 1.165) is 0 Å². The largest absolute Gasteiger partial charge is 0.507 e. The molecule has 6 heteroatoms. The average molecular weight is 403 g/mol. The van der Waals surface area contributed by atoms with Gasteiger partial charge in [0, 0.05) is 11.3 Å². The lowest BCUT2D eigenvalue weighted by Gasteiger charge is -2.25. The van der Waals surface area contributed by atoms with Crippen molar-refractivity contribution in [3.63, 3.8) is 0 Å². The number of methoxy groups -OCH3 is 1. The van der Waals surface area contributed by atoms with E-state index >= 15 is 0 Å². The van der Waals surface area contributed by atoms with Crippen molar-refractivity contribution in [1.29, 1.82) is 0 Å². The molecule has 1 aliphatic heterocycles. The molecule has 1 fully saturated rings. The van der Waals surface area contributed by atoms with Crippen LogP contribution in [0, 0.1) is 5.82 Å². The van der Waals surface area contributed by atoms with Crippen molar-refractivity contribution < 1.29 is 23.8 Å². The number of Topliss-reactive ketones (excluding diaryl/α,β-unsaturated/α-hetero) is 1. The highest BCUT2D eigenvalue weighted by molar-refractivity contribution is 6.51. The fourth-order valence-electron chi connectivity index (χ4n) is 3.55. The van der Waals surface area contributed by atoms with Crippen molar-refractivity contribution >= 4 is 23.1 Å². The summed E-state index contributed by atoms with van der Waals surface area (Å²) in [7, 11) is 1.52. The molecule has 3 aromatic carbocycles. The highest BCUT2D eigenvalue weighted by atomic mass is 19.1. The summed E-state index contributed by atoms with van der Waals surface area (Å²) in [6.45, 7) is 0. The molecule has 4 rings (SSSR count). The number of amides is 1. The first-order valence-corrected chi connectivity index (χ1v) is 9.27. The van der Waals surface area contributed by atoms with E-state index in [9.17, 15) is 19.1 Å². The summed E-state index contributed by atoms with van der Waals surface area (Å²) in [5.41, 5.74) is 1.33. The summed E-state index contributed by atoms with van der Waals surface area (Å²) in [5, 5.41) is 11.0. The van der Waals surface area contributed by atoms with Crippen LogP contribution in [0.5, 0.6) is 5.75 Å². The van der Waals surface area contributed by atoms with Gasteiger partial charge in [-0.25, -0.2) is 4.39 Å². The second-order valence-corrected chi connectivity index (χ2v) is 6.78. The molecule has 30 heavy (non-hydrogen) atoms. The third kappa shape index (κ3) is 3.33. The topological polar surface area (TPSA) is 66.8 Å². The van der Waals surface area contributed by atoms with E-state index in [1.807, 2.05) is 0 Å². The molecule has 0 saturated carbocycles. The number of carbonyl (C=O) groups excluding carboxylic acids is 2. The van der Waals surface area contributed by atoms with E-state index in [0.29, 0.717) is 22.6 Å². The molecule has 0 radical (unpaired) electrons. The highest BCUT2D eigenvalue weighted by Gasteiger charge is 2.46. The van der Waals surface area contributed by atoms with Gasteiger partial charge in [0.15, 0.2) is 0 Å². The van der Waals surface area contributed by atoms with Gasteiger partial charge in [-0.15, -0.1) is 0 Å². The Kier molecular flexibility index (Phi) is 5.06. The Hall–Kier alpha value is -3.93. The number of para-hydroxylation sites is 1. The molecule has 1 saturated heterocycles. The smallest absolute Gasteiger partial charge is 0.300 e. The molecule has 150 valence electrons. The zero-order valence-electron chi connectivity index (χ0n) is 16.1. The Balaban J connectivity index is 1.91. The molecule has 0 aromatic heterocycles. The summed E-state index contributed by atoms with van der Waals surface area (Å²) < 4.78 is 18.6. The minimum atomic E-state index is -0.893. The minimum Gasteiger partial charge on any atom is -0.507 e. The van der Waals surface area contributed by atoms with Crippen molar-refractivity contribution in [2.24, 2.45) is 0 Å². The lowest BCUT2D eigenvalue weighted by atomic mass is 9.95. The van der Waals surface area contributed by atoms with Gasteiger partial charge in [-0.2, -0.15) is 0 Å². The third-order valence-electron chi connectivity index (χ3n) is 5.03. The average Bonchev–Trinajstić information content (AvgIpc) is 3.05. The van der Waals surface area contributed by atoms with Gasteiger partial charge < -0.3 is 9.84 Å². The number of halogens is 1. The molecule has 0 bridgehead atoms. The molecule has 1 N–H and O–H groups in total. The zero-order valence-corrected chi connectivity index (χ0v) is 16.1. The monoisotopic (exact) mass is 403 g/mol. The SMILES string of the molecule is COc1ccc(/C(O)=C2/C(=O)C(=O)N(c3ccccc3)C2c2ccc(F)cc2)cc1. The van der Waals surface area contributed by atoms with Crippen LogP contribution >= 0.6 is 0 Å². The van der Waals surface area contributed by atoms with Crippen molar-refractivity contribution in [1.82, 2.24) is 0 Å². The summed E-state index contributed by atoms with van der Waals surface area (Å²) in [4.78, 5) is 27.2. The molecule has 1 heterocycles. The molecule has 1 unspecified atom stereocenters. The number of rotatable bonds is 4. The zero-order chi connectivity index (χ0) is 21.3. The van der Waals surface area contributed by atoms with Gasteiger partial charge >= 0.3 is 0 Å². The van der Waals surface area contributed by atoms with Crippen molar-refractivity contribution in [2.75, 3.05) is 12.0 Å². The van der Waals surface area contributed by atoms with Crippen LogP contribution in [-0.2, 0) is 9.59 Å². The summed E-state index contributed by atoms with van der Waals surface area (Å²) in [6.07, 6.45) is 0. The Morgan fingerprint density at radius 3 is 2.17 bits per heavy atom. The summed E-state index contributed by atoms with van der Waals surface area (Å²) in [6, 6.07) is 19.8. The van der Waals surface area contributed by atoms with Gasteiger partial charge in [0.05, 0.1) is 18.7 Å². The predicted molar refractivity (Wildman–Crippen MR) is 111 cm³/mol. The molecular formula is C24H18FNO4. The Morgan fingerprint density at radius 1 is 0.933 bits per heavy atom. The van der Waals surface area contributed by atoms with Crippen LogP contribution in [0.15, 0.2) is 84.4 Å². The van der Waals surface area contributed by atoms with Gasteiger partial charge in [0.25, 0.3) is 11.7 Å². The van der Waals surface area contributed by atoms with Crippen LogP contribution in [0.1, 0.15) is 17.2 Å².